The topological polar surface area (TPSA) is 30.3 Å². The van der Waals surface area contributed by atoms with Gasteiger partial charge in [0, 0.05) is 30.9 Å². The molecule has 0 N–H and O–H groups in total. The number of benzene rings is 1. The molecule has 2 aromatic rings. The standard InChI is InChI=1S/C20H25N3O/c1-2-8-22-13-18(11-21-22)17-9-19-14-24-15-20(10-17)23(19)12-16-6-4-3-5-7-16/h3-7,9,11,13,19-20H,2,8,10,12,14-15H2,1H3. The molecule has 4 heteroatoms. The van der Waals surface area contributed by atoms with Crippen LogP contribution in [-0.2, 0) is 17.8 Å². The van der Waals surface area contributed by atoms with E-state index in [4.69, 9.17) is 4.74 Å². The van der Waals surface area contributed by atoms with Crippen molar-refractivity contribution in [2.45, 2.75) is 44.9 Å². The zero-order chi connectivity index (χ0) is 16.4. The lowest BCUT2D eigenvalue weighted by molar-refractivity contribution is -0.0402. The maximum atomic E-state index is 5.83. The van der Waals surface area contributed by atoms with Gasteiger partial charge in [-0.05, 0) is 24.0 Å². The van der Waals surface area contributed by atoms with Crippen LogP contribution in [0.25, 0.3) is 5.57 Å². The third-order valence-electron chi connectivity index (χ3n) is 5.01. The largest absolute Gasteiger partial charge is 0.378 e. The fourth-order valence-electron chi connectivity index (χ4n) is 3.80. The Morgan fingerprint density at radius 2 is 2.08 bits per heavy atom. The maximum absolute atomic E-state index is 5.83. The SMILES string of the molecule is CCCn1cc(C2=CC3COCC(C2)N3Cc2ccccc2)cn1. The summed E-state index contributed by atoms with van der Waals surface area (Å²) in [4.78, 5) is 2.60. The van der Waals surface area contributed by atoms with Crippen molar-refractivity contribution in [3.8, 4) is 0 Å². The van der Waals surface area contributed by atoms with Crippen molar-refractivity contribution < 1.29 is 4.74 Å². The number of nitrogens with zero attached hydrogens (tertiary/aromatic N) is 3. The molecule has 0 spiro atoms. The molecule has 1 fully saturated rings. The van der Waals surface area contributed by atoms with Crippen LogP contribution < -0.4 is 0 Å². The van der Waals surface area contributed by atoms with Crippen molar-refractivity contribution in [2.75, 3.05) is 13.2 Å². The lowest BCUT2D eigenvalue weighted by Gasteiger charge is -2.44. The van der Waals surface area contributed by atoms with Crippen LogP contribution in [0, 0.1) is 0 Å². The third-order valence-corrected chi connectivity index (χ3v) is 5.01. The van der Waals surface area contributed by atoms with Crippen molar-refractivity contribution in [2.24, 2.45) is 0 Å². The van der Waals surface area contributed by atoms with Gasteiger partial charge in [-0.1, -0.05) is 43.3 Å². The first-order chi connectivity index (χ1) is 11.8. The molecule has 1 aromatic heterocycles. The minimum Gasteiger partial charge on any atom is -0.378 e. The van der Waals surface area contributed by atoms with Crippen LogP contribution in [0.15, 0.2) is 48.8 Å². The molecule has 0 radical (unpaired) electrons. The maximum Gasteiger partial charge on any atom is 0.0658 e. The molecule has 2 unspecified atom stereocenters. The van der Waals surface area contributed by atoms with Crippen LogP contribution in [-0.4, -0.2) is 40.0 Å². The van der Waals surface area contributed by atoms with Crippen molar-refractivity contribution in [3.05, 3.63) is 59.9 Å². The summed E-state index contributed by atoms with van der Waals surface area (Å²) in [6, 6.07) is 11.6. The van der Waals surface area contributed by atoms with Crippen LogP contribution in [0.2, 0.25) is 0 Å². The third kappa shape index (κ3) is 3.17. The van der Waals surface area contributed by atoms with Crippen LogP contribution in [0.4, 0.5) is 0 Å². The van der Waals surface area contributed by atoms with Gasteiger partial charge in [0.25, 0.3) is 0 Å². The van der Waals surface area contributed by atoms with Crippen molar-refractivity contribution in [1.29, 1.82) is 0 Å². The Balaban J connectivity index is 1.55. The molecule has 1 saturated heterocycles. The molecule has 2 aliphatic heterocycles. The number of ether oxygens (including phenoxy) is 1. The van der Waals surface area contributed by atoms with Gasteiger partial charge in [0.2, 0.25) is 0 Å². The number of aryl methyl sites for hydroxylation is 1. The summed E-state index contributed by atoms with van der Waals surface area (Å²) < 4.78 is 7.88. The number of rotatable bonds is 5. The van der Waals surface area contributed by atoms with Crippen molar-refractivity contribution in [1.82, 2.24) is 14.7 Å². The highest BCUT2D eigenvalue weighted by Crippen LogP contribution is 2.33. The second kappa shape index (κ2) is 6.91. The zero-order valence-electron chi connectivity index (χ0n) is 14.3. The van der Waals surface area contributed by atoms with Gasteiger partial charge in [0.15, 0.2) is 0 Å². The summed E-state index contributed by atoms with van der Waals surface area (Å²) in [5, 5.41) is 4.49. The first kappa shape index (κ1) is 15.6. The fraction of sp³-hybridized carbons (Fsp3) is 0.450. The average molecular weight is 323 g/mol. The zero-order valence-corrected chi connectivity index (χ0v) is 14.3. The molecule has 2 aliphatic rings. The Hall–Kier alpha value is -1.91. The smallest absolute Gasteiger partial charge is 0.0658 e. The number of hydrogen-bond acceptors (Lipinski definition) is 3. The molecule has 3 heterocycles. The van der Waals surface area contributed by atoms with E-state index in [9.17, 15) is 0 Å². The summed E-state index contributed by atoms with van der Waals surface area (Å²) in [7, 11) is 0. The Labute approximate surface area is 143 Å². The molecular formula is C20H25N3O. The van der Waals surface area contributed by atoms with Crippen LogP contribution in [0.3, 0.4) is 0 Å². The Morgan fingerprint density at radius 1 is 1.21 bits per heavy atom. The van der Waals surface area contributed by atoms with Gasteiger partial charge in [-0.2, -0.15) is 5.10 Å². The molecule has 0 saturated carbocycles. The van der Waals surface area contributed by atoms with Crippen molar-refractivity contribution in [3.63, 3.8) is 0 Å². The normalized spacial score (nSPS) is 24.0. The number of aromatic nitrogens is 2. The second-order valence-corrected chi connectivity index (χ2v) is 6.80. The van der Waals surface area contributed by atoms with E-state index in [1.165, 1.54) is 16.7 Å². The molecule has 2 atom stereocenters. The highest BCUT2D eigenvalue weighted by Gasteiger charge is 2.35. The van der Waals surface area contributed by atoms with Gasteiger partial charge in [-0.15, -0.1) is 0 Å². The minimum atomic E-state index is 0.363. The fourth-order valence-corrected chi connectivity index (χ4v) is 3.80. The molecule has 1 aromatic carbocycles. The predicted octanol–water partition coefficient (Wildman–Crippen LogP) is 3.35. The Kier molecular flexibility index (Phi) is 4.50. The molecule has 126 valence electrons. The molecule has 0 aliphatic carbocycles. The van der Waals surface area contributed by atoms with E-state index in [0.29, 0.717) is 12.1 Å². The van der Waals surface area contributed by atoms with Crippen LogP contribution in [0.1, 0.15) is 30.9 Å². The summed E-state index contributed by atoms with van der Waals surface area (Å²) in [6.45, 7) is 5.78. The molecule has 24 heavy (non-hydrogen) atoms. The highest BCUT2D eigenvalue weighted by molar-refractivity contribution is 5.66. The van der Waals surface area contributed by atoms with E-state index in [0.717, 1.165) is 39.1 Å². The van der Waals surface area contributed by atoms with Crippen LogP contribution >= 0.6 is 0 Å². The van der Waals surface area contributed by atoms with E-state index in [2.05, 4.69) is 64.2 Å². The van der Waals surface area contributed by atoms with Gasteiger partial charge in [-0.3, -0.25) is 9.58 Å². The van der Waals surface area contributed by atoms with Gasteiger partial charge in [0.1, 0.15) is 0 Å². The first-order valence-corrected chi connectivity index (χ1v) is 8.94. The predicted molar refractivity (Wildman–Crippen MR) is 95.5 cm³/mol. The number of fused-ring (bicyclic) bond motifs is 2. The van der Waals surface area contributed by atoms with Crippen molar-refractivity contribution >= 4 is 5.57 Å². The summed E-state index contributed by atoms with van der Waals surface area (Å²) in [5.74, 6) is 0. The van der Waals surface area contributed by atoms with E-state index in [1.54, 1.807) is 0 Å². The van der Waals surface area contributed by atoms with Gasteiger partial charge in [-0.25, -0.2) is 0 Å². The average Bonchev–Trinajstić information content (AvgIpc) is 3.04. The van der Waals surface area contributed by atoms with Gasteiger partial charge >= 0.3 is 0 Å². The molecule has 4 rings (SSSR count). The quantitative estimate of drug-likeness (QED) is 0.845. The minimum absolute atomic E-state index is 0.363. The first-order valence-electron chi connectivity index (χ1n) is 8.94. The Bertz CT molecular complexity index is 707. The highest BCUT2D eigenvalue weighted by atomic mass is 16.5. The second-order valence-electron chi connectivity index (χ2n) is 6.80. The van der Waals surface area contributed by atoms with Crippen LogP contribution in [0.5, 0.6) is 0 Å². The lowest BCUT2D eigenvalue weighted by Crippen LogP contribution is -2.53. The van der Waals surface area contributed by atoms with E-state index < -0.39 is 0 Å². The summed E-state index contributed by atoms with van der Waals surface area (Å²) in [6.07, 6.45) is 8.76. The van der Waals surface area contributed by atoms with Gasteiger partial charge < -0.3 is 4.74 Å². The Morgan fingerprint density at radius 3 is 2.88 bits per heavy atom. The number of hydrogen-bond donors (Lipinski definition) is 0. The van der Waals surface area contributed by atoms with E-state index in [-0.39, 0.29) is 0 Å². The summed E-state index contributed by atoms with van der Waals surface area (Å²) in [5.41, 5.74) is 4.08. The molecule has 2 bridgehead atoms. The number of morpholine rings is 1. The molecular weight excluding hydrogens is 298 g/mol. The molecule has 4 nitrogen and oxygen atoms in total. The monoisotopic (exact) mass is 323 g/mol. The lowest BCUT2D eigenvalue weighted by atomic mass is 9.90. The molecule has 0 amide bonds. The summed E-state index contributed by atoms with van der Waals surface area (Å²) >= 11 is 0. The van der Waals surface area contributed by atoms with E-state index in [1.807, 2.05) is 6.20 Å². The van der Waals surface area contributed by atoms with Gasteiger partial charge in [0.05, 0.1) is 25.5 Å². The van der Waals surface area contributed by atoms with E-state index >= 15 is 0 Å².